The van der Waals surface area contributed by atoms with Crippen LogP contribution in [0.15, 0.2) is 18.3 Å². The van der Waals surface area contributed by atoms with Gasteiger partial charge in [0.15, 0.2) is 0 Å². The monoisotopic (exact) mass is 234 g/mol. The number of anilines is 1. The molecule has 0 radical (unpaired) electrons. The fourth-order valence-corrected chi connectivity index (χ4v) is 1.93. The van der Waals surface area contributed by atoms with E-state index in [0.717, 1.165) is 11.4 Å². The number of aromatic nitrogens is 1. The zero-order chi connectivity index (χ0) is 12.6. The number of amides is 1. The minimum Gasteiger partial charge on any atom is -0.391 e. The predicted molar refractivity (Wildman–Crippen MR) is 65.9 cm³/mol. The molecule has 1 aliphatic rings. The third-order valence-corrected chi connectivity index (χ3v) is 2.93. The molecule has 4 nitrogen and oxygen atoms in total. The third kappa shape index (κ3) is 2.47. The second-order valence-electron chi connectivity index (χ2n) is 5.51. The molecule has 1 aromatic heterocycles. The highest BCUT2D eigenvalue weighted by molar-refractivity contribution is 5.95. The molecule has 0 saturated carbocycles. The van der Waals surface area contributed by atoms with Gasteiger partial charge in [0, 0.05) is 11.1 Å². The van der Waals surface area contributed by atoms with Crippen molar-refractivity contribution in [2.45, 2.75) is 38.7 Å². The molecule has 0 aliphatic carbocycles. The molecule has 1 amide bonds. The summed E-state index contributed by atoms with van der Waals surface area (Å²) >= 11 is 0. The van der Waals surface area contributed by atoms with E-state index >= 15 is 0 Å². The number of pyridine rings is 1. The Kier molecular flexibility index (Phi) is 2.91. The minimum absolute atomic E-state index is 0.00701. The smallest absolute Gasteiger partial charge is 0.229 e. The van der Waals surface area contributed by atoms with E-state index in [1.807, 2.05) is 12.1 Å². The van der Waals surface area contributed by atoms with Crippen LogP contribution in [0.5, 0.6) is 0 Å². The van der Waals surface area contributed by atoms with Crippen molar-refractivity contribution in [3.8, 4) is 0 Å². The number of carbonyl (C=O) groups excluding carboxylic acids is 1. The van der Waals surface area contributed by atoms with Crippen molar-refractivity contribution in [2.24, 2.45) is 0 Å². The zero-order valence-electron chi connectivity index (χ0n) is 10.5. The Morgan fingerprint density at radius 2 is 2.12 bits per heavy atom. The lowest BCUT2D eigenvalue weighted by Crippen LogP contribution is -2.25. The highest BCUT2D eigenvalue weighted by Gasteiger charge is 2.29. The molecular formula is C13H18N2O2. The van der Waals surface area contributed by atoms with Crippen molar-refractivity contribution in [3.63, 3.8) is 0 Å². The van der Waals surface area contributed by atoms with E-state index in [4.69, 9.17) is 0 Å². The van der Waals surface area contributed by atoms with Crippen molar-refractivity contribution < 1.29 is 9.90 Å². The third-order valence-electron chi connectivity index (χ3n) is 2.93. The van der Waals surface area contributed by atoms with Crippen molar-refractivity contribution in [1.29, 1.82) is 0 Å². The van der Waals surface area contributed by atoms with Gasteiger partial charge in [-0.15, -0.1) is 0 Å². The lowest BCUT2D eigenvalue weighted by Gasteiger charge is -2.20. The summed E-state index contributed by atoms with van der Waals surface area (Å²) in [6.07, 6.45) is 1.36. The Balaban J connectivity index is 2.22. The van der Waals surface area contributed by atoms with Crippen LogP contribution in [0, 0.1) is 0 Å². The van der Waals surface area contributed by atoms with E-state index in [0.29, 0.717) is 6.54 Å². The molecule has 4 heteroatoms. The van der Waals surface area contributed by atoms with Gasteiger partial charge in [-0.3, -0.25) is 9.78 Å². The van der Waals surface area contributed by atoms with Gasteiger partial charge < -0.3 is 10.0 Å². The Morgan fingerprint density at radius 3 is 2.53 bits per heavy atom. The molecule has 1 saturated heterocycles. The molecule has 92 valence electrons. The van der Waals surface area contributed by atoms with Crippen molar-refractivity contribution in [2.75, 3.05) is 11.4 Å². The van der Waals surface area contributed by atoms with Crippen LogP contribution in [0.25, 0.3) is 0 Å². The highest BCUT2D eigenvalue weighted by atomic mass is 16.3. The molecule has 1 atom stereocenters. The van der Waals surface area contributed by atoms with E-state index in [1.165, 1.54) is 0 Å². The summed E-state index contributed by atoms with van der Waals surface area (Å²) in [5.74, 6) is -0.0391. The van der Waals surface area contributed by atoms with Gasteiger partial charge in [0.05, 0.1) is 31.0 Å². The maximum atomic E-state index is 11.6. The molecule has 1 unspecified atom stereocenters. The topological polar surface area (TPSA) is 53.4 Å². The first kappa shape index (κ1) is 12.0. The van der Waals surface area contributed by atoms with Gasteiger partial charge >= 0.3 is 0 Å². The largest absolute Gasteiger partial charge is 0.391 e. The van der Waals surface area contributed by atoms with Crippen LogP contribution in [0.1, 0.15) is 32.9 Å². The molecule has 1 fully saturated rings. The zero-order valence-corrected chi connectivity index (χ0v) is 10.5. The van der Waals surface area contributed by atoms with E-state index in [1.54, 1.807) is 11.1 Å². The minimum atomic E-state index is -0.551. The number of β-amino-alcohol motifs (C(OH)–C–C–N with tert-alkyl or cyclic N) is 1. The summed E-state index contributed by atoms with van der Waals surface area (Å²) in [6.45, 7) is 6.66. The van der Waals surface area contributed by atoms with Gasteiger partial charge in [-0.2, -0.15) is 0 Å². The average Bonchev–Trinajstić information content (AvgIpc) is 2.57. The van der Waals surface area contributed by atoms with Crippen molar-refractivity contribution in [3.05, 3.63) is 24.0 Å². The molecule has 2 heterocycles. The lowest BCUT2D eigenvalue weighted by atomic mass is 9.92. The number of aliphatic hydroxyl groups excluding tert-OH is 1. The molecule has 17 heavy (non-hydrogen) atoms. The van der Waals surface area contributed by atoms with Crippen LogP contribution in [0.3, 0.4) is 0 Å². The first-order chi connectivity index (χ1) is 7.88. The van der Waals surface area contributed by atoms with Crippen LogP contribution in [0.2, 0.25) is 0 Å². The average molecular weight is 234 g/mol. The number of carbonyl (C=O) groups is 1. The van der Waals surface area contributed by atoms with Crippen LogP contribution in [0.4, 0.5) is 5.69 Å². The van der Waals surface area contributed by atoms with E-state index in [2.05, 4.69) is 25.8 Å². The Hall–Kier alpha value is -1.42. The SMILES string of the molecule is CC(C)(C)c1ccc(N2CC(O)CC2=O)cn1. The number of aliphatic hydroxyl groups is 1. The quantitative estimate of drug-likeness (QED) is 0.800. The number of rotatable bonds is 1. The van der Waals surface area contributed by atoms with Crippen LogP contribution in [-0.4, -0.2) is 28.6 Å². The standard InChI is InChI=1S/C13H18N2O2/c1-13(2,3)11-5-4-9(7-14-11)15-8-10(16)6-12(15)17/h4-5,7,10,16H,6,8H2,1-3H3. The molecule has 0 bridgehead atoms. The normalized spacial score (nSPS) is 21.1. The summed E-state index contributed by atoms with van der Waals surface area (Å²) < 4.78 is 0. The Labute approximate surface area is 101 Å². The van der Waals surface area contributed by atoms with Gasteiger partial charge in [0.2, 0.25) is 5.91 Å². The van der Waals surface area contributed by atoms with Gasteiger partial charge in [-0.05, 0) is 12.1 Å². The number of hydrogen-bond acceptors (Lipinski definition) is 3. The van der Waals surface area contributed by atoms with Crippen LogP contribution < -0.4 is 4.90 Å². The van der Waals surface area contributed by atoms with Crippen LogP contribution >= 0.6 is 0 Å². The van der Waals surface area contributed by atoms with Gasteiger partial charge in [0.1, 0.15) is 0 Å². The van der Waals surface area contributed by atoms with Crippen molar-refractivity contribution >= 4 is 11.6 Å². The summed E-state index contributed by atoms with van der Waals surface area (Å²) in [7, 11) is 0. The highest BCUT2D eigenvalue weighted by Crippen LogP contribution is 2.24. The second kappa shape index (κ2) is 4.11. The first-order valence-corrected chi connectivity index (χ1v) is 5.83. The molecule has 1 N–H and O–H groups in total. The van der Waals surface area contributed by atoms with Gasteiger partial charge in [-0.25, -0.2) is 0 Å². The van der Waals surface area contributed by atoms with E-state index < -0.39 is 6.10 Å². The lowest BCUT2D eigenvalue weighted by molar-refractivity contribution is -0.117. The molecule has 1 aliphatic heterocycles. The molecule has 0 aromatic carbocycles. The van der Waals surface area contributed by atoms with Crippen LogP contribution in [-0.2, 0) is 10.2 Å². The molecule has 2 rings (SSSR count). The van der Waals surface area contributed by atoms with Gasteiger partial charge in [-0.1, -0.05) is 20.8 Å². The number of nitrogens with zero attached hydrogens (tertiary/aromatic N) is 2. The fourth-order valence-electron chi connectivity index (χ4n) is 1.93. The molecule has 0 spiro atoms. The first-order valence-electron chi connectivity index (χ1n) is 5.83. The Morgan fingerprint density at radius 1 is 1.41 bits per heavy atom. The maximum Gasteiger partial charge on any atom is 0.229 e. The molecular weight excluding hydrogens is 216 g/mol. The number of hydrogen-bond donors (Lipinski definition) is 1. The molecule has 1 aromatic rings. The van der Waals surface area contributed by atoms with E-state index in [-0.39, 0.29) is 17.7 Å². The summed E-state index contributed by atoms with van der Waals surface area (Å²) in [5, 5.41) is 9.43. The summed E-state index contributed by atoms with van der Waals surface area (Å²) in [4.78, 5) is 17.6. The second-order valence-corrected chi connectivity index (χ2v) is 5.51. The summed E-state index contributed by atoms with van der Waals surface area (Å²) in [6, 6.07) is 3.83. The summed E-state index contributed by atoms with van der Waals surface area (Å²) in [5.41, 5.74) is 1.76. The predicted octanol–water partition coefficient (Wildman–Crippen LogP) is 1.48. The maximum absolute atomic E-state index is 11.6. The van der Waals surface area contributed by atoms with E-state index in [9.17, 15) is 9.90 Å². The fraction of sp³-hybridized carbons (Fsp3) is 0.538. The Bertz CT molecular complexity index is 420. The van der Waals surface area contributed by atoms with Crippen molar-refractivity contribution in [1.82, 2.24) is 4.98 Å². The van der Waals surface area contributed by atoms with Gasteiger partial charge in [0.25, 0.3) is 0 Å².